The third-order valence-electron chi connectivity index (χ3n) is 4.49. The highest BCUT2D eigenvalue weighted by Crippen LogP contribution is 2.32. The minimum atomic E-state index is -0.161. The van der Waals surface area contributed by atoms with E-state index >= 15 is 0 Å². The minimum absolute atomic E-state index is 0.0887. The molecule has 5 nitrogen and oxygen atoms in total. The lowest BCUT2D eigenvalue weighted by molar-refractivity contribution is 0.0936. The number of aromatic amines is 1. The van der Waals surface area contributed by atoms with Crippen LogP contribution in [0, 0.1) is 3.57 Å². The number of carbonyl (C=O) groups is 2. The largest absolute Gasteiger partial charge is 0.350 e. The van der Waals surface area contributed by atoms with Gasteiger partial charge in [0.15, 0.2) is 0 Å². The van der Waals surface area contributed by atoms with Crippen LogP contribution in [0.5, 0.6) is 0 Å². The van der Waals surface area contributed by atoms with E-state index in [1.165, 1.54) is 0 Å². The van der Waals surface area contributed by atoms with Gasteiger partial charge in [-0.2, -0.15) is 0 Å². The zero-order chi connectivity index (χ0) is 17.6. The number of hydrogen-bond donors (Lipinski definition) is 3. The van der Waals surface area contributed by atoms with Crippen LogP contribution in [-0.2, 0) is 0 Å². The first-order valence-electron chi connectivity index (χ1n) is 8.03. The average molecular weight is 445 g/mol. The molecule has 0 spiro atoms. The summed E-state index contributed by atoms with van der Waals surface area (Å²) in [6, 6.07) is 13.1. The molecule has 4 rings (SSSR count). The third-order valence-corrected chi connectivity index (χ3v) is 5.21. The molecule has 25 heavy (non-hydrogen) atoms. The highest BCUT2D eigenvalue weighted by Gasteiger charge is 2.27. The van der Waals surface area contributed by atoms with Gasteiger partial charge >= 0.3 is 0 Å². The summed E-state index contributed by atoms with van der Waals surface area (Å²) in [6.45, 7) is 2.68. The summed E-state index contributed by atoms with van der Waals surface area (Å²) in [5.74, 6) is -0.0453. The van der Waals surface area contributed by atoms with Gasteiger partial charge in [-0.05, 0) is 70.6 Å². The number of fused-ring (bicyclic) bond motifs is 3. The Balaban J connectivity index is 1.71. The summed E-state index contributed by atoms with van der Waals surface area (Å²) in [4.78, 5) is 27.8. The maximum Gasteiger partial charge on any atom is 0.268 e. The number of anilines is 1. The van der Waals surface area contributed by atoms with Crippen LogP contribution in [-0.4, -0.2) is 23.3 Å². The van der Waals surface area contributed by atoms with Crippen molar-refractivity contribution in [3.05, 3.63) is 62.9 Å². The molecule has 0 bridgehead atoms. The van der Waals surface area contributed by atoms with Crippen molar-refractivity contribution in [2.24, 2.45) is 0 Å². The molecule has 0 aliphatic carbocycles. The average Bonchev–Trinajstić information content (AvgIpc) is 3.00. The second-order valence-corrected chi connectivity index (χ2v) is 7.49. The smallest absolute Gasteiger partial charge is 0.268 e. The van der Waals surface area contributed by atoms with Crippen LogP contribution in [0.15, 0.2) is 42.5 Å². The summed E-state index contributed by atoms with van der Waals surface area (Å²) in [5, 5.41) is 6.72. The van der Waals surface area contributed by atoms with Gasteiger partial charge in [-0.3, -0.25) is 9.59 Å². The number of amides is 2. The van der Waals surface area contributed by atoms with Gasteiger partial charge < -0.3 is 15.6 Å². The number of halogens is 1. The number of aromatic nitrogens is 1. The monoisotopic (exact) mass is 445 g/mol. The summed E-state index contributed by atoms with van der Waals surface area (Å²) in [7, 11) is 0. The van der Waals surface area contributed by atoms with Crippen molar-refractivity contribution in [2.75, 3.05) is 11.9 Å². The molecule has 3 aromatic rings. The van der Waals surface area contributed by atoms with E-state index in [-0.39, 0.29) is 17.7 Å². The molecule has 0 fully saturated rings. The van der Waals surface area contributed by atoms with Crippen LogP contribution in [0.1, 0.15) is 39.3 Å². The summed E-state index contributed by atoms with van der Waals surface area (Å²) in [5.41, 5.74) is 3.80. The molecule has 1 aromatic heterocycles. The number of hydrogen-bond acceptors (Lipinski definition) is 2. The second-order valence-electron chi connectivity index (χ2n) is 6.25. The number of rotatable bonds is 2. The van der Waals surface area contributed by atoms with Crippen LogP contribution in [0.25, 0.3) is 10.9 Å². The van der Waals surface area contributed by atoms with E-state index in [0.717, 1.165) is 25.7 Å². The van der Waals surface area contributed by atoms with Crippen molar-refractivity contribution >= 4 is 51.0 Å². The molecule has 1 aliphatic heterocycles. The molecule has 2 amide bonds. The molecule has 1 atom stereocenters. The maximum atomic E-state index is 12.6. The summed E-state index contributed by atoms with van der Waals surface area (Å²) >= 11 is 2.23. The zero-order valence-corrected chi connectivity index (χ0v) is 15.7. The van der Waals surface area contributed by atoms with Gasteiger partial charge in [0, 0.05) is 38.2 Å². The van der Waals surface area contributed by atoms with Crippen LogP contribution >= 0.6 is 22.6 Å². The summed E-state index contributed by atoms with van der Waals surface area (Å²) < 4.78 is 1.11. The fourth-order valence-corrected chi connectivity index (χ4v) is 3.58. The SMILES string of the molecule is CC1CNC(=O)c2[nH]c3ccc(C(=O)Nc4ccc(I)cc4)cc3c21. The maximum absolute atomic E-state index is 12.6. The van der Waals surface area contributed by atoms with Crippen LogP contribution in [0.3, 0.4) is 0 Å². The molecule has 1 unspecified atom stereocenters. The van der Waals surface area contributed by atoms with Gasteiger partial charge in [0.05, 0.1) is 0 Å². The van der Waals surface area contributed by atoms with E-state index in [4.69, 9.17) is 0 Å². The van der Waals surface area contributed by atoms with Gasteiger partial charge in [0.2, 0.25) is 0 Å². The van der Waals surface area contributed by atoms with Gasteiger partial charge in [0.1, 0.15) is 5.69 Å². The second kappa shape index (κ2) is 6.18. The predicted octanol–water partition coefficient (Wildman–Crippen LogP) is 3.87. The van der Waals surface area contributed by atoms with Gasteiger partial charge in [-0.15, -0.1) is 0 Å². The summed E-state index contributed by atoms with van der Waals surface area (Å²) in [6.07, 6.45) is 0. The van der Waals surface area contributed by atoms with E-state index in [9.17, 15) is 9.59 Å². The van der Waals surface area contributed by atoms with E-state index in [1.807, 2.05) is 36.4 Å². The number of H-pyrrole nitrogens is 1. The highest BCUT2D eigenvalue weighted by atomic mass is 127. The van der Waals surface area contributed by atoms with Crippen molar-refractivity contribution in [1.29, 1.82) is 0 Å². The Morgan fingerprint density at radius 2 is 1.96 bits per heavy atom. The number of benzene rings is 2. The molecule has 6 heteroatoms. The highest BCUT2D eigenvalue weighted by molar-refractivity contribution is 14.1. The minimum Gasteiger partial charge on any atom is -0.350 e. The molecule has 1 aliphatic rings. The molecule has 3 N–H and O–H groups in total. The lowest BCUT2D eigenvalue weighted by Crippen LogP contribution is -2.33. The standard InChI is InChI=1S/C19H16IN3O2/c1-10-9-21-19(25)17-16(10)14-8-11(2-7-15(14)23-17)18(24)22-13-5-3-12(20)4-6-13/h2-8,10,23H,9H2,1H3,(H,21,25)(H,22,24). The van der Waals surface area contributed by atoms with Crippen molar-refractivity contribution in [1.82, 2.24) is 10.3 Å². The van der Waals surface area contributed by atoms with Crippen LogP contribution < -0.4 is 10.6 Å². The quantitative estimate of drug-likeness (QED) is 0.524. The lowest BCUT2D eigenvalue weighted by atomic mass is 9.93. The van der Waals surface area contributed by atoms with E-state index < -0.39 is 0 Å². The molecular weight excluding hydrogens is 429 g/mol. The van der Waals surface area contributed by atoms with E-state index in [2.05, 4.69) is 45.1 Å². The molecular formula is C19H16IN3O2. The van der Waals surface area contributed by atoms with Crippen molar-refractivity contribution in [3.8, 4) is 0 Å². The normalized spacial score (nSPS) is 16.4. The number of carbonyl (C=O) groups excluding carboxylic acids is 2. The van der Waals surface area contributed by atoms with Gasteiger partial charge in [-0.1, -0.05) is 6.92 Å². The Morgan fingerprint density at radius 3 is 2.72 bits per heavy atom. The van der Waals surface area contributed by atoms with Crippen molar-refractivity contribution in [3.63, 3.8) is 0 Å². The first-order chi connectivity index (χ1) is 12.0. The van der Waals surface area contributed by atoms with E-state index in [0.29, 0.717) is 17.8 Å². The molecule has 0 saturated carbocycles. The van der Waals surface area contributed by atoms with Crippen molar-refractivity contribution < 1.29 is 9.59 Å². The third kappa shape index (κ3) is 2.90. The van der Waals surface area contributed by atoms with Crippen molar-refractivity contribution in [2.45, 2.75) is 12.8 Å². The zero-order valence-electron chi connectivity index (χ0n) is 13.5. The lowest BCUT2D eigenvalue weighted by Gasteiger charge is -2.19. The molecule has 0 radical (unpaired) electrons. The van der Waals surface area contributed by atoms with Gasteiger partial charge in [0.25, 0.3) is 11.8 Å². The fourth-order valence-electron chi connectivity index (χ4n) is 3.22. The Morgan fingerprint density at radius 1 is 1.20 bits per heavy atom. The molecule has 0 saturated heterocycles. The molecule has 2 aromatic carbocycles. The van der Waals surface area contributed by atoms with Crippen LogP contribution in [0.2, 0.25) is 0 Å². The molecule has 2 heterocycles. The molecule has 126 valence electrons. The predicted molar refractivity (Wildman–Crippen MR) is 106 cm³/mol. The Kier molecular flexibility index (Phi) is 3.99. The first kappa shape index (κ1) is 16.1. The van der Waals surface area contributed by atoms with E-state index in [1.54, 1.807) is 6.07 Å². The fraction of sp³-hybridized carbons (Fsp3) is 0.158. The number of nitrogens with one attached hydrogen (secondary N) is 3. The first-order valence-corrected chi connectivity index (χ1v) is 9.11. The van der Waals surface area contributed by atoms with Gasteiger partial charge in [-0.25, -0.2) is 0 Å². The topological polar surface area (TPSA) is 74.0 Å². The Hall–Kier alpha value is -2.35. The Bertz CT molecular complexity index is 992. The van der Waals surface area contributed by atoms with Crippen LogP contribution in [0.4, 0.5) is 5.69 Å². The Labute approximate surface area is 158 Å².